The van der Waals surface area contributed by atoms with Crippen LogP contribution in [-0.4, -0.2) is 32.1 Å². The second kappa shape index (κ2) is 6.57. The Morgan fingerprint density at radius 3 is 2.68 bits per heavy atom. The summed E-state index contributed by atoms with van der Waals surface area (Å²) in [7, 11) is 0. The molecule has 2 rings (SSSR count). The lowest BCUT2D eigenvalue weighted by Gasteiger charge is -2.34. The molecule has 0 aliphatic carbocycles. The number of rotatable bonds is 5. The molecule has 1 aromatic rings. The Hall–Kier alpha value is -1.55. The highest BCUT2D eigenvalue weighted by molar-refractivity contribution is 5.77. The molecule has 2 N–H and O–H groups in total. The number of piperidine rings is 1. The van der Waals surface area contributed by atoms with Gasteiger partial charge in [-0.05, 0) is 43.5 Å². The lowest BCUT2D eigenvalue weighted by molar-refractivity contribution is -0.123. The molecule has 0 saturated carbocycles. The largest absolute Gasteiger partial charge is 0.484 e. The van der Waals surface area contributed by atoms with Crippen molar-refractivity contribution >= 4 is 5.91 Å². The minimum atomic E-state index is -0.0522. The van der Waals surface area contributed by atoms with Gasteiger partial charge in [-0.3, -0.25) is 4.79 Å². The van der Waals surface area contributed by atoms with E-state index in [1.54, 1.807) is 0 Å². The van der Waals surface area contributed by atoms with Crippen molar-refractivity contribution in [2.24, 2.45) is 5.41 Å². The van der Waals surface area contributed by atoms with E-state index >= 15 is 0 Å². The Bertz CT molecular complexity index is 400. The van der Waals surface area contributed by atoms with Crippen molar-refractivity contribution in [3.8, 4) is 5.75 Å². The van der Waals surface area contributed by atoms with Crippen LogP contribution in [0.4, 0.5) is 0 Å². The van der Waals surface area contributed by atoms with Crippen LogP contribution in [0.15, 0.2) is 30.3 Å². The van der Waals surface area contributed by atoms with Gasteiger partial charge in [0.05, 0.1) is 0 Å². The van der Waals surface area contributed by atoms with Crippen molar-refractivity contribution in [1.29, 1.82) is 0 Å². The number of hydrogen-bond donors (Lipinski definition) is 2. The maximum Gasteiger partial charge on any atom is 0.257 e. The van der Waals surface area contributed by atoms with Gasteiger partial charge in [0.25, 0.3) is 5.91 Å². The molecule has 1 aromatic carbocycles. The quantitative estimate of drug-likeness (QED) is 0.847. The maximum absolute atomic E-state index is 11.7. The van der Waals surface area contributed by atoms with Gasteiger partial charge < -0.3 is 15.4 Å². The molecule has 1 aliphatic heterocycles. The van der Waals surface area contributed by atoms with Crippen LogP contribution in [0.5, 0.6) is 5.75 Å². The minimum absolute atomic E-state index is 0.0522. The van der Waals surface area contributed by atoms with Crippen molar-refractivity contribution in [2.45, 2.75) is 19.8 Å². The van der Waals surface area contributed by atoms with Gasteiger partial charge in [-0.25, -0.2) is 0 Å². The van der Waals surface area contributed by atoms with Crippen LogP contribution < -0.4 is 15.4 Å². The number of nitrogens with one attached hydrogen (secondary N) is 2. The third-order valence-corrected chi connectivity index (χ3v) is 3.64. The molecule has 1 fully saturated rings. The van der Waals surface area contributed by atoms with Crippen LogP contribution in [-0.2, 0) is 4.79 Å². The molecular weight excluding hydrogens is 240 g/mol. The van der Waals surface area contributed by atoms with E-state index in [1.165, 1.54) is 0 Å². The smallest absolute Gasteiger partial charge is 0.257 e. The monoisotopic (exact) mass is 262 g/mol. The second-order valence-electron chi connectivity index (χ2n) is 5.44. The minimum Gasteiger partial charge on any atom is -0.484 e. The number of para-hydroxylation sites is 1. The molecule has 0 atom stereocenters. The fourth-order valence-corrected chi connectivity index (χ4v) is 2.24. The first-order valence-corrected chi connectivity index (χ1v) is 6.83. The molecule has 104 valence electrons. The highest BCUT2D eigenvalue weighted by Crippen LogP contribution is 2.26. The molecule has 1 aliphatic rings. The van der Waals surface area contributed by atoms with E-state index in [1.807, 2.05) is 30.3 Å². The zero-order valence-electron chi connectivity index (χ0n) is 11.4. The third-order valence-electron chi connectivity index (χ3n) is 3.64. The van der Waals surface area contributed by atoms with Crippen LogP contribution >= 0.6 is 0 Å². The molecule has 4 heteroatoms. The van der Waals surface area contributed by atoms with Crippen LogP contribution in [0.1, 0.15) is 19.8 Å². The van der Waals surface area contributed by atoms with E-state index in [0.29, 0.717) is 0 Å². The van der Waals surface area contributed by atoms with Crippen LogP contribution in [0.2, 0.25) is 0 Å². The van der Waals surface area contributed by atoms with Crippen LogP contribution in [0, 0.1) is 5.41 Å². The van der Waals surface area contributed by atoms with Crippen LogP contribution in [0.3, 0.4) is 0 Å². The first-order valence-electron chi connectivity index (χ1n) is 6.83. The lowest BCUT2D eigenvalue weighted by atomic mass is 9.81. The summed E-state index contributed by atoms with van der Waals surface area (Å²) < 4.78 is 5.42. The fourth-order valence-electron chi connectivity index (χ4n) is 2.24. The maximum atomic E-state index is 11.7. The summed E-state index contributed by atoms with van der Waals surface area (Å²) in [6, 6.07) is 9.40. The topological polar surface area (TPSA) is 50.4 Å². The summed E-state index contributed by atoms with van der Waals surface area (Å²) in [5.74, 6) is 0.675. The molecule has 0 unspecified atom stereocenters. The fraction of sp³-hybridized carbons (Fsp3) is 0.533. The predicted octanol–water partition coefficient (Wildman–Crippen LogP) is 1.57. The summed E-state index contributed by atoms with van der Waals surface area (Å²) in [4.78, 5) is 11.7. The summed E-state index contributed by atoms with van der Waals surface area (Å²) in [5, 5.41) is 6.31. The van der Waals surface area contributed by atoms with E-state index in [4.69, 9.17) is 4.74 Å². The van der Waals surface area contributed by atoms with Crippen molar-refractivity contribution in [3.05, 3.63) is 30.3 Å². The van der Waals surface area contributed by atoms with Crippen molar-refractivity contribution < 1.29 is 9.53 Å². The number of amides is 1. The average molecular weight is 262 g/mol. The van der Waals surface area contributed by atoms with E-state index in [2.05, 4.69) is 17.6 Å². The molecular formula is C15H22N2O2. The van der Waals surface area contributed by atoms with Gasteiger partial charge in [0.15, 0.2) is 6.61 Å². The van der Waals surface area contributed by atoms with Crippen molar-refractivity contribution in [1.82, 2.24) is 10.6 Å². The van der Waals surface area contributed by atoms with Gasteiger partial charge in [0, 0.05) is 6.54 Å². The Morgan fingerprint density at radius 2 is 2.00 bits per heavy atom. The molecule has 1 heterocycles. The van der Waals surface area contributed by atoms with Gasteiger partial charge in [-0.15, -0.1) is 0 Å². The first-order chi connectivity index (χ1) is 9.18. The molecule has 0 bridgehead atoms. The normalized spacial score (nSPS) is 17.7. The van der Waals surface area contributed by atoms with Gasteiger partial charge in [0.1, 0.15) is 5.75 Å². The number of carbonyl (C=O) groups is 1. The zero-order chi connectivity index (χ0) is 13.6. The zero-order valence-corrected chi connectivity index (χ0v) is 11.4. The molecule has 0 spiro atoms. The molecule has 0 radical (unpaired) electrons. The summed E-state index contributed by atoms with van der Waals surface area (Å²) in [5.41, 5.74) is 0.216. The molecule has 19 heavy (non-hydrogen) atoms. The second-order valence-corrected chi connectivity index (χ2v) is 5.44. The molecule has 1 saturated heterocycles. The number of carbonyl (C=O) groups excluding carboxylic acids is 1. The van der Waals surface area contributed by atoms with Gasteiger partial charge in [0.2, 0.25) is 0 Å². The Kier molecular flexibility index (Phi) is 4.80. The van der Waals surface area contributed by atoms with E-state index in [0.717, 1.165) is 38.2 Å². The van der Waals surface area contributed by atoms with E-state index < -0.39 is 0 Å². The highest BCUT2D eigenvalue weighted by Gasteiger charge is 2.26. The molecule has 4 nitrogen and oxygen atoms in total. The van der Waals surface area contributed by atoms with Crippen molar-refractivity contribution in [2.75, 3.05) is 26.2 Å². The summed E-state index contributed by atoms with van der Waals surface area (Å²) in [6.07, 6.45) is 2.21. The van der Waals surface area contributed by atoms with Gasteiger partial charge >= 0.3 is 0 Å². The van der Waals surface area contributed by atoms with E-state index in [9.17, 15) is 4.79 Å². The van der Waals surface area contributed by atoms with Crippen LogP contribution in [0.25, 0.3) is 0 Å². The standard InChI is InChI=1S/C15H22N2O2/c1-15(7-9-16-10-8-15)12-17-14(18)11-19-13-5-3-2-4-6-13/h2-6,16H,7-12H2,1H3,(H,17,18). The molecule has 0 aromatic heterocycles. The number of benzene rings is 1. The van der Waals surface area contributed by atoms with Gasteiger partial charge in [-0.1, -0.05) is 25.1 Å². The predicted molar refractivity (Wildman–Crippen MR) is 75.2 cm³/mol. The lowest BCUT2D eigenvalue weighted by Crippen LogP contribution is -2.43. The van der Waals surface area contributed by atoms with Crippen molar-refractivity contribution in [3.63, 3.8) is 0 Å². The molecule has 1 amide bonds. The highest BCUT2D eigenvalue weighted by atomic mass is 16.5. The Balaban J connectivity index is 1.70. The number of hydrogen-bond acceptors (Lipinski definition) is 3. The summed E-state index contributed by atoms with van der Waals surface area (Å²) in [6.45, 7) is 5.11. The summed E-state index contributed by atoms with van der Waals surface area (Å²) >= 11 is 0. The SMILES string of the molecule is CC1(CNC(=O)COc2ccccc2)CCNCC1. The van der Waals surface area contributed by atoms with Gasteiger partial charge in [-0.2, -0.15) is 0 Å². The Labute approximate surface area is 114 Å². The van der Waals surface area contributed by atoms with E-state index in [-0.39, 0.29) is 17.9 Å². The average Bonchev–Trinajstić information content (AvgIpc) is 2.45. The first kappa shape index (κ1) is 13.9. The third kappa shape index (κ3) is 4.56. The Morgan fingerprint density at radius 1 is 1.32 bits per heavy atom. The number of ether oxygens (including phenoxy) is 1.